The van der Waals surface area contributed by atoms with Crippen LogP contribution >= 0.6 is 0 Å². The van der Waals surface area contributed by atoms with Crippen LogP contribution in [-0.4, -0.2) is 37.7 Å². The van der Waals surface area contributed by atoms with Gasteiger partial charge in [0, 0.05) is 29.7 Å². The molecule has 0 aliphatic carbocycles. The van der Waals surface area contributed by atoms with E-state index in [2.05, 4.69) is 13.2 Å². The predicted molar refractivity (Wildman–Crippen MR) is 168 cm³/mol. The maximum Gasteiger partial charge on any atom is 0.336 e. The normalized spacial score (nSPS) is 10.7. The fraction of sp³-hybridized carbons (Fsp3) is 0.250. The first kappa shape index (κ1) is 33.5. The Morgan fingerprint density at radius 1 is 0.795 bits per heavy atom. The summed E-state index contributed by atoms with van der Waals surface area (Å²) in [5.74, 6) is -0.787. The summed E-state index contributed by atoms with van der Waals surface area (Å²) in [5.41, 5.74) is 2.97. The quantitative estimate of drug-likeness (QED) is 0.0689. The van der Waals surface area contributed by atoms with Crippen LogP contribution in [0.1, 0.15) is 43.7 Å². The molecule has 0 radical (unpaired) electrons. The molecule has 3 aromatic carbocycles. The van der Waals surface area contributed by atoms with Crippen molar-refractivity contribution in [3.63, 3.8) is 0 Å². The van der Waals surface area contributed by atoms with Crippen molar-refractivity contribution >= 4 is 24.0 Å². The van der Waals surface area contributed by atoms with Crippen LogP contribution in [0.4, 0.5) is 4.39 Å². The average molecular weight is 601 g/mol. The highest BCUT2D eigenvalue weighted by molar-refractivity contribution is 5.89. The number of esters is 3. The Kier molecular flexibility index (Phi) is 13.6. The second-order valence-electron chi connectivity index (χ2n) is 9.96. The molecule has 0 heterocycles. The van der Waals surface area contributed by atoms with Crippen molar-refractivity contribution in [1.82, 2.24) is 0 Å². The lowest BCUT2D eigenvalue weighted by molar-refractivity contribution is -0.139. The summed E-state index contributed by atoms with van der Waals surface area (Å²) in [6.45, 7) is 9.70. The van der Waals surface area contributed by atoms with Gasteiger partial charge in [-0.2, -0.15) is 0 Å². The van der Waals surface area contributed by atoms with Crippen LogP contribution in [0.25, 0.3) is 17.2 Å². The van der Waals surface area contributed by atoms with Gasteiger partial charge in [-0.15, -0.1) is 0 Å². The maximum atomic E-state index is 14.9. The molecular weight excluding hydrogens is 563 g/mol. The molecule has 0 spiro atoms. The molecule has 3 aromatic rings. The van der Waals surface area contributed by atoms with Crippen LogP contribution in [0, 0.1) is 5.82 Å². The lowest BCUT2D eigenvalue weighted by Crippen LogP contribution is -2.06. The summed E-state index contributed by atoms with van der Waals surface area (Å²) < 4.78 is 36.0. The molecule has 0 unspecified atom stereocenters. The molecule has 0 atom stereocenters. The number of benzene rings is 3. The molecule has 0 aromatic heterocycles. The maximum absolute atomic E-state index is 14.9. The molecule has 44 heavy (non-hydrogen) atoms. The second kappa shape index (κ2) is 17.9. The third-order valence-corrected chi connectivity index (χ3v) is 6.40. The SMILES string of the molecule is C=CC(=O)OCCc1ccc(OC(=O)/C=C/c2ccc(-c3ccc(OCCCCCCOC(=O)C(=C)C)cc3)c(F)c2)cc1. The van der Waals surface area contributed by atoms with E-state index in [0.717, 1.165) is 37.3 Å². The molecule has 8 heteroatoms. The Hall–Kier alpha value is -4.98. The largest absolute Gasteiger partial charge is 0.494 e. The van der Waals surface area contributed by atoms with Crippen molar-refractivity contribution in [2.75, 3.05) is 19.8 Å². The zero-order valence-corrected chi connectivity index (χ0v) is 24.9. The summed E-state index contributed by atoms with van der Waals surface area (Å²) in [6.07, 6.45) is 7.92. The van der Waals surface area contributed by atoms with Gasteiger partial charge in [-0.1, -0.05) is 49.6 Å². The first-order valence-corrected chi connectivity index (χ1v) is 14.4. The molecule has 0 aliphatic heterocycles. The van der Waals surface area contributed by atoms with Crippen molar-refractivity contribution in [2.45, 2.75) is 39.0 Å². The van der Waals surface area contributed by atoms with Crippen LogP contribution in [-0.2, 0) is 30.3 Å². The molecule has 0 fully saturated rings. The summed E-state index contributed by atoms with van der Waals surface area (Å²) >= 11 is 0. The van der Waals surface area contributed by atoms with E-state index >= 15 is 0 Å². The molecule has 3 rings (SSSR count). The van der Waals surface area contributed by atoms with Gasteiger partial charge in [-0.05, 0) is 85.7 Å². The van der Waals surface area contributed by atoms with Crippen LogP contribution < -0.4 is 9.47 Å². The number of hydrogen-bond donors (Lipinski definition) is 0. The van der Waals surface area contributed by atoms with Crippen LogP contribution in [0.2, 0.25) is 0 Å². The smallest absolute Gasteiger partial charge is 0.336 e. The summed E-state index contributed by atoms with van der Waals surface area (Å²) in [7, 11) is 0. The topological polar surface area (TPSA) is 88.1 Å². The Morgan fingerprint density at radius 2 is 1.48 bits per heavy atom. The number of rotatable bonds is 17. The molecule has 7 nitrogen and oxygen atoms in total. The molecule has 230 valence electrons. The Bertz CT molecular complexity index is 1460. The third-order valence-electron chi connectivity index (χ3n) is 6.40. The minimum absolute atomic E-state index is 0.225. The highest BCUT2D eigenvalue weighted by Crippen LogP contribution is 2.26. The van der Waals surface area contributed by atoms with Crippen molar-refractivity contribution in [1.29, 1.82) is 0 Å². The molecule has 0 amide bonds. The number of carbonyl (C=O) groups is 3. The standard InChI is InChI=1S/C36H37FO7/c1-4-34(38)42-24-21-27-9-15-31(16-10-27)44-35(39)20-12-28-11-19-32(33(37)25-28)29-13-17-30(18-14-29)41-22-7-5-6-8-23-43-36(40)26(2)3/h4,9-20,25H,1-2,5-8,21-24H2,3H3/b20-12+. The molecule has 0 bridgehead atoms. The van der Waals surface area contributed by atoms with E-state index in [0.29, 0.717) is 53.4 Å². The van der Waals surface area contributed by atoms with E-state index in [1.165, 1.54) is 18.2 Å². The minimum atomic E-state index is -0.596. The highest BCUT2D eigenvalue weighted by atomic mass is 19.1. The van der Waals surface area contributed by atoms with Crippen molar-refractivity contribution in [3.8, 4) is 22.6 Å². The fourth-order valence-corrected chi connectivity index (χ4v) is 4.00. The van der Waals surface area contributed by atoms with Gasteiger partial charge in [0.1, 0.15) is 17.3 Å². The van der Waals surface area contributed by atoms with Crippen molar-refractivity contribution < 1.29 is 37.7 Å². The Labute approximate surface area is 257 Å². The van der Waals surface area contributed by atoms with Crippen molar-refractivity contribution in [2.24, 2.45) is 0 Å². The summed E-state index contributed by atoms with van der Waals surface area (Å²) in [6, 6.07) is 18.8. The molecular formula is C36H37FO7. The van der Waals surface area contributed by atoms with Gasteiger partial charge in [-0.25, -0.2) is 18.8 Å². The number of halogens is 1. The first-order chi connectivity index (χ1) is 21.2. The summed E-state index contributed by atoms with van der Waals surface area (Å²) in [5, 5.41) is 0. The van der Waals surface area contributed by atoms with Gasteiger partial charge in [0.2, 0.25) is 0 Å². The van der Waals surface area contributed by atoms with Gasteiger partial charge in [0.15, 0.2) is 0 Å². The lowest BCUT2D eigenvalue weighted by Gasteiger charge is -2.09. The van der Waals surface area contributed by atoms with Crippen molar-refractivity contribution in [3.05, 3.63) is 115 Å². The van der Waals surface area contributed by atoms with Gasteiger partial charge in [0.25, 0.3) is 0 Å². The van der Waals surface area contributed by atoms with E-state index in [9.17, 15) is 18.8 Å². The van der Waals surface area contributed by atoms with Gasteiger partial charge in [-0.3, -0.25) is 0 Å². The molecule has 0 N–H and O–H groups in total. The van der Waals surface area contributed by atoms with E-state index in [1.807, 2.05) is 0 Å². The number of carbonyl (C=O) groups excluding carboxylic acids is 3. The monoisotopic (exact) mass is 600 g/mol. The Morgan fingerprint density at radius 3 is 2.14 bits per heavy atom. The summed E-state index contributed by atoms with van der Waals surface area (Å²) in [4.78, 5) is 34.7. The van der Waals surface area contributed by atoms with Gasteiger partial charge in [0.05, 0.1) is 19.8 Å². The van der Waals surface area contributed by atoms with E-state index in [4.69, 9.17) is 18.9 Å². The van der Waals surface area contributed by atoms with E-state index in [1.54, 1.807) is 67.6 Å². The lowest BCUT2D eigenvalue weighted by atomic mass is 10.0. The average Bonchev–Trinajstić information content (AvgIpc) is 3.02. The number of ether oxygens (including phenoxy) is 4. The van der Waals surface area contributed by atoms with Gasteiger partial charge >= 0.3 is 17.9 Å². The van der Waals surface area contributed by atoms with Crippen LogP contribution in [0.3, 0.4) is 0 Å². The van der Waals surface area contributed by atoms with E-state index in [-0.39, 0.29) is 12.6 Å². The van der Waals surface area contributed by atoms with Crippen LogP contribution in [0.15, 0.2) is 97.6 Å². The Balaban J connectivity index is 1.41. The minimum Gasteiger partial charge on any atom is -0.494 e. The number of unbranched alkanes of at least 4 members (excludes halogenated alkanes) is 3. The van der Waals surface area contributed by atoms with E-state index < -0.39 is 17.8 Å². The molecule has 0 saturated heterocycles. The van der Waals surface area contributed by atoms with Gasteiger partial charge < -0.3 is 18.9 Å². The zero-order valence-electron chi connectivity index (χ0n) is 24.9. The molecule has 0 aliphatic rings. The predicted octanol–water partition coefficient (Wildman–Crippen LogP) is 7.44. The van der Waals surface area contributed by atoms with Crippen LogP contribution in [0.5, 0.6) is 11.5 Å². The fourth-order valence-electron chi connectivity index (χ4n) is 4.00. The first-order valence-electron chi connectivity index (χ1n) is 14.4. The third kappa shape index (κ3) is 11.7. The zero-order chi connectivity index (χ0) is 31.7. The second-order valence-corrected chi connectivity index (χ2v) is 9.96. The number of hydrogen-bond acceptors (Lipinski definition) is 7. The highest BCUT2D eigenvalue weighted by Gasteiger charge is 2.08. The molecule has 0 saturated carbocycles.